The van der Waals surface area contributed by atoms with Crippen LogP contribution >= 0.6 is 34.5 Å². The number of hydrogen-bond donors (Lipinski definition) is 1. The third-order valence-electron chi connectivity index (χ3n) is 4.56. The number of halogens is 2. The quantitative estimate of drug-likeness (QED) is 0.634. The molecule has 2 aromatic rings. The number of amides is 3. The van der Waals surface area contributed by atoms with Crippen LogP contribution in [0.3, 0.4) is 0 Å². The van der Waals surface area contributed by atoms with Crippen LogP contribution in [0.25, 0.3) is 0 Å². The van der Waals surface area contributed by atoms with Gasteiger partial charge in [0.15, 0.2) is 5.13 Å². The molecule has 2 heterocycles. The molecular formula is C20H22Cl2N4O3S. The molecule has 0 atom stereocenters. The van der Waals surface area contributed by atoms with Crippen LogP contribution in [0.4, 0.5) is 10.8 Å². The molecule has 1 N–H and O–H groups in total. The average molecular weight is 469 g/mol. The minimum Gasteiger partial charge on any atom is -0.333 e. The van der Waals surface area contributed by atoms with Gasteiger partial charge in [-0.05, 0) is 31.0 Å². The minimum atomic E-state index is -0.345. The monoisotopic (exact) mass is 468 g/mol. The molecular weight excluding hydrogens is 447 g/mol. The third-order valence-corrected chi connectivity index (χ3v) is 6.02. The summed E-state index contributed by atoms with van der Waals surface area (Å²) >= 11 is 13.3. The summed E-state index contributed by atoms with van der Waals surface area (Å²) in [5.41, 5.74) is 1.04. The summed E-state index contributed by atoms with van der Waals surface area (Å²) in [7, 11) is 0. The van der Waals surface area contributed by atoms with Crippen LogP contribution in [0.5, 0.6) is 0 Å². The lowest BCUT2D eigenvalue weighted by Crippen LogP contribution is -2.39. The largest absolute Gasteiger partial charge is 0.333 e. The van der Waals surface area contributed by atoms with Gasteiger partial charge < -0.3 is 10.2 Å². The van der Waals surface area contributed by atoms with Crippen LogP contribution < -0.4 is 10.2 Å². The summed E-state index contributed by atoms with van der Waals surface area (Å²) in [6.07, 6.45) is 2.15. The molecule has 0 saturated carbocycles. The predicted molar refractivity (Wildman–Crippen MR) is 119 cm³/mol. The average Bonchev–Trinajstić information content (AvgIpc) is 3.32. The maximum absolute atomic E-state index is 12.8. The number of rotatable bonds is 8. The van der Waals surface area contributed by atoms with Crippen LogP contribution in [-0.2, 0) is 20.8 Å². The van der Waals surface area contributed by atoms with E-state index in [9.17, 15) is 14.4 Å². The van der Waals surface area contributed by atoms with Crippen LogP contribution in [0.15, 0.2) is 23.6 Å². The Morgan fingerprint density at radius 3 is 2.80 bits per heavy atom. The van der Waals surface area contributed by atoms with Crippen molar-refractivity contribution in [3.05, 3.63) is 39.3 Å². The lowest BCUT2D eigenvalue weighted by Gasteiger charge is -2.21. The molecule has 1 saturated heterocycles. The predicted octanol–water partition coefficient (Wildman–Crippen LogP) is 4.00. The molecule has 0 spiro atoms. The van der Waals surface area contributed by atoms with Gasteiger partial charge in [0.05, 0.1) is 29.4 Å². The molecule has 0 unspecified atom stereocenters. The van der Waals surface area contributed by atoms with Crippen molar-refractivity contribution in [1.29, 1.82) is 0 Å². The van der Waals surface area contributed by atoms with E-state index >= 15 is 0 Å². The second-order valence-electron chi connectivity index (χ2n) is 6.93. The van der Waals surface area contributed by atoms with Gasteiger partial charge in [-0.15, -0.1) is 11.3 Å². The maximum atomic E-state index is 12.8. The Bertz CT molecular complexity index is 950. The molecule has 3 amide bonds. The Morgan fingerprint density at radius 1 is 1.33 bits per heavy atom. The highest BCUT2D eigenvalue weighted by Crippen LogP contribution is 2.26. The number of aromatic nitrogens is 1. The van der Waals surface area contributed by atoms with Crippen molar-refractivity contribution in [2.24, 2.45) is 0 Å². The summed E-state index contributed by atoms with van der Waals surface area (Å²) in [5.74, 6) is -0.478. The van der Waals surface area contributed by atoms with Crippen LogP contribution in [0.1, 0.15) is 31.9 Å². The van der Waals surface area contributed by atoms with E-state index in [4.69, 9.17) is 23.2 Å². The summed E-state index contributed by atoms with van der Waals surface area (Å²) in [5, 5.41) is 5.92. The number of thiazole rings is 1. The first-order valence-corrected chi connectivity index (χ1v) is 11.3. The van der Waals surface area contributed by atoms with E-state index in [1.54, 1.807) is 28.5 Å². The summed E-state index contributed by atoms with van der Waals surface area (Å²) < 4.78 is 0. The van der Waals surface area contributed by atoms with E-state index in [2.05, 4.69) is 10.3 Å². The molecule has 1 aliphatic heterocycles. The van der Waals surface area contributed by atoms with Crippen molar-refractivity contribution in [3.8, 4) is 0 Å². The fraction of sp³-hybridized carbons (Fsp3) is 0.400. The second-order valence-corrected chi connectivity index (χ2v) is 8.61. The highest BCUT2D eigenvalue weighted by atomic mass is 35.5. The zero-order valence-corrected chi connectivity index (χ0v) is 18.8. The molecule has 1 aromatic carbocycles. The summed E-state index contributed by atoms with van der Waals surface area (Å²) in [6.45, 7) is 2.96. The number of carbonyl (C=O) groups is 3. The zero-order valence-electron chi connectivity index (χ0n) is 16.5. The smallest absolute Gasteiger partial charge is 0.244 e. The lowest BCUT2D eigenvalue weighted by atomic mass is 10.2. The third kappa shape index (κ3) is 5.71. The zero-order chi connectivity index (χ0) is 21.7. The van der Waals surface area contributed by atoms with Crippen LogP contribution in [-0.4, -0.2) is 47.2 Å². The van der Waals surface area contributed by atoms with E-state index in [0.717, 1.165) is 6.42 Å². The highest BCUT2D eigenvalue weighted by molar-refractivity contribution is 7.14. The van der Waals surface area contributed by atoms with E-state index < -0.39 is 0 Å². The van der Waals surface area contributed by atoms with Gasteiger partial charge in [0.25, 0.3) is 0 Å². The lowest BCUT2D eigenvalue weighted by molar-refractivity contribution is -0.134. The minimum absolute atomic E-state index is 0.0624. The van der Waals surface area contributed by atoms with Crippen molar-refractivity contribution in [3.63, 3.8) is 0 Å². The van der Waals surface area contributed by atoms with Crippen LogP contribution in [0.2, 0.25) is 10.0 Å². The van der Waals surface area contributed by atoms with Gasteiger partial charge in [-0.25, -0.2) is 4.98 Å². The van der Waals surface area contributed by atoms with Crippen molar-refractivity contribution in [2.75, 3.05) is 29.9 Å². The Balaban J connectivity index is 1.61. The second kappa shape index (κ2) is 10.2. The summed E-state index contributed by atoms with van der Waals surface area (Å²) in [6, 6.07) is 4.78. The van der Waals surface area contributed by atoms with Gasteiger partial charge in [0.1, 0.15) is 0 Å². The van der Waals surface area contributed by atoms with Gasteiger partial charge in [-0.2, -0.15) is 0 Å². The van der Waals surface area contributed by atoms with Gasteiger partial charge >= 0.3 is 0 Å². The highest BCUT2D eigenvalue weighted by Gasteiger charge is 2.25. The number of anilines is 2. The normalized spacial score (nSPS) is 13.6. The van der Waals surface area contributed by atoms with E-state index in [-0.39, 0.29) is 30.7 Å². The number of carbonyl (C=O) groups excluding carboxylic acids is 3. The van der Waals surface area contributed by atoms with Crippen LogP contribution in [0, 0.1) is 0 Å². The number of hydrogen-bond acceptors (Lipinski definition) is 5. The summed E-state index contributed by atoms with van der Waals surface area (Å²) in [4.78, 5) is 44.7. The first-order chi connectivity index (χ1) is 14.4. The number of benzene rings is 1. The Morgan fingerprint density at radius 2 is 2.13 bits per heavy atom. The fourth-order valence-electron chi connectivity index (χ4n) is 3.13. The molecule has 1 aliphatic rings. The molecule has 0 radical (unpaired) electrons. The molecule has 3 rings (SSSR count). The van der Waals surface area contributed by atoms with Crippen molar-refractivity contribution < 1.29 is 14.4 Å². The standard InChI is InChI=1S/C20H22Cl2N4O3S/c1-2-7-25(11-17(27)24-16-6-5-13(21)9-15(16)22)19(29)10-14-12-30-20(23-14)26-8-3-4-18(26)28/h5-6,9,12H,2-4,7-8,10-11H2,1H3,(H,24,27). The first-order valence-electron chi connectivity index (χ1n) is 9.64. The number of nitrogens with zero attached hydrogens (tertiary/aromatic N) is 3. The Labute approximate surface area is 189 Å². The van der Waals surface area contributed by atoms with Crippen molar-refractivity contribution >= 4 is 63.1 Å². The fourth-order valence-corrected chi connectivity index (χ4v) is 4.46. The molecule has 1 fully saturated rings. The van der Waals surface area contributed by atoms with Gasteiger partial charge in [-0.1, -0.05) is 30.1 Å². The first kappa shape index (κ1) is 22.5. The molecule has 1 aromatic heterocycles. The Hall–Kier alpha value is -2.16. The van der Waals surface area contributed by atoms with Gasteiger partial charge in [0.2, 0.25) is 17.7 Å². The molecule has 10 heteroatoms. The van der Waals surface area contributed by atoms with Crippen molar-refractivity contribution in [2.45, 2.75) is 32.6 Å². The molecule has 160 valence electrons. The molecule has 0 bridgehead atoms. The molecule has 0 aliphatic carbocycles. The SMILES string of the molecule is CCCN(CC(=O)Nc1ccc(Cl)cc1Cl)C(=O)Cc1csc(N2CCCC2=O)n1. The van der Waals surface area contributed by atoms with Gasteiger partial charge in [-0.3, -0.25) is 19.3 Å². The van der Waals surface area contributed by atoms with E-state index in [1.807, 2.05) is 6.92 Å². The van der Waals surface area contributed by atoms with E-state index in [0.29, 0.717) is 52.5 Å². The molecule has 30 heavy (non-hydrogen) atoms. The Kier molecular flexibility index (Phi) is 7.69. The number of nitrogens with one attached hydrogen (secondary N) is 1. The maximum Gasteiger partial charge on any atom is 0.244 e. The topological polar surface area (TPSA) is 82.6 Å². The van der Waals surface area contributed by atoms with E-state index in [1.165, 1.54) is 16.2 Å². The molecule has 7 nitrogen and oxygen atoms in total. The van der Waals surface area contributed by atoms with Gasteiger partial charge in [0, 0.05) is 29.9 Å². The van der Waals surface area contributed by atoms with Crippen molar-refractivity contribution in [1.82, 2.24) is 9.88 Å².